The molecule has 0 spiro atoms. The normalized spacial score (nSPS) is 10.4. The fraction of sp³-hybridized carbons (Fsp3) is 0.250. The number of rotatable bonds is 4. The molecule has 0 atom stereocenters. The molecule has 0 saturated carbocycles. The lowest BCUT2D eigenvalue weighted by Gasteiger charge is -2.11. The van der Waals surface area contributed by atoms with Gasteiger partial charge in [-0.1, -0.05) is 29.3 Å². The number of ketones is 1. The zero-order chi connectivity index (χ0) is 14.7. The fourth-order valence-electron chi connectivity index (χ4n) is 2.31. The first kappa shape index (κ1) is 14.5. The van der Waals surface area contributed by atoms with Crippen LogP contribution in [0.4, 0.5) is 0 Å². The number of carbonyl (C=O) groups excluding carboxylic acids is 1. The van der Waals surface area contributed by atoms with Crippen LogP contribution in [0.5, 0.6) is 5.75 Å². The number of carbonyl (C=O) groups is 1. The molecule has 0 fully saturated rings. The molecule has 0 saturated heterocycles. The second-order valence-electron chi connectivity index (χ2n) is 4.82. The van der Waals surface area contributed by atoms with Crippen molar-refractivity contribution in [2.24, 2.45) is 0 Å². The SMILES string of the molecule is Cc1cc(C)c(C(=O)COc2cncc(Cl)c2)c(C)c1. The molecule has 0 bridgehead atoms. The largest absolute Gasteiger partial charge is 0.484 e. The number of halogens is 1. The van der Waals surface area contributed by atoms with Crippen molar-refractivity contribution in [3.05, 3.63) is 57.9 Å². The highest BCUT2D eigenvalue weighted by molar-refractivity contribution is 6.30. The third kappa shape index (κ3) is 3.36. The molecule has 104 valence electrons. The Kier molecular flexibility index (Phi) is 4.40. The van der Waals surface area contributed by atoms with E-state index in [0.717, 1.165) is 22.3 Å². The Morgan fingerprint density at radius 2 is 1.80 bits per heavy atom. The molecule has 2 aromatic rings. The highest BCUT2D eigenvalue weighted by Gasteiger charge is 2.13. The summed E-state index contributed by atoms with van der Waals surface area (Å²) in [5.74, 6) is 0.452. The van der Waals surface area contributed by atoms with Crippen LogP contribution in [-0.4, -0.2) is 17.4 Å². The lowest BCUT2D eigenvalue weighted by molar-refractivity contribution is 0.0920. The molecule has 0 aliphatic rings. The van der Waals surface area contributed by atoms with Crippen LogP contribution in [0.1, 0.15) is 27.0 Å². The molecule has 0 unspecified atom stereocenters. The summed E-state index contributed by atoms with van der Waals surface area (Å²) in [6, 6.07) is 5.64. The molecular formula is C16H16ClNO2. The molecule has 0 N–H and O–H groups in total. The van der Waals surface area contributed by atoms with E-state index >= 15 is 0 Å². The minimum Gasteiger partial charge on any atom is -0.484 e. The number of Topliss-reactive ketones (excluding diaryl/α,β-unsaturated/α-hetero) is 1. The van der Waals surface area contributed by atoms with Crippen molar-refractivity contribution in [1.29, 1.82) is 0 Å². The maximum absolute atomic E-state index is 12.3. The molecule has 0 aliphatic heterocycles. The average Bonchev–Trinajstić information content (AvgIpc) is 2.35. The summed E-state index contributed by atoms with van der Waals surface area (Å²) in [5.41, 5.74) is 3.82. The van der Waals surface area contributed by atoms with Crippen LogP contribution in [0.25, 0.3) is 0 Å². The summed E-state index contributed by atoms with van der Waals surface area (Å²) in [7, 11) is 0. The lowest BCUT2D eigenvalue weighted by atomic mass is 9.97. The standard InChI is InChI=1S/C16H16ClNO2/c1-10-4-11(2)16(12(3)5-10)15(19)9-20-14-6-13(17)7-18-8-14/h4-8H,9H2,1-3H3. The smallest absolute Gasteiger partial charge is 0.200 e. The zero-order valence-corrected chi connectivity index (χ0v) is 12.5. The van der Waals surface area contributed by atoms with Gasteiger partial charge in [0.1, 0.15) is 5.75 Å². The number of benzene rings is 1. The van der Waals surface area contributed by atoms with Gasteiger partial charge < -0.3 is 4.74 Å². The molecule has 3 nitrogen and oxygen atoms in total. The van der Waals surface area contributed by atoms with Gasteiger partial charge in [0, 0.05) is 17.8 Å². The molecule has 0 aliphatic carbocycles. The Hall–Kier alpha value is -1.87. The van der Waals surface area contributed by atoms with Gasteiger partial charge in [-0.05, 0) is 31.9 Å². The van der Waals surface area contributed by atoms with E-state index in [1.165, 1.54) is 12.4 Å². The van der Waals surface area contributed by atoms with Gasteiger partial charge in [0.25, 0.3) is 0 Å². The third-order valence-corrected chi connectivity index (χ3v) is 3.21. The number of aryl methyl sites for hydroxylation is 3. The Labute approximate surface area is 123 Å². The lowest BCUT2D eigenvalue weighted by Crippen LogP contribution is -2.14. The molecular weight excluding hydrogens is 274 g/mol. The Bertz CT molecular complexity index is 630. The van der Waals surface area contributed by atoms with Crippen LogP contribution in [0.15, 0.2) is 30.6 Å². The van der Waals surface area contributed by atoms with Crippen molar-refractivity contribution in [1.82, 2.24) is 4.98 Å². The maximum Gasteiger partial charge on any atom is 0.200 e. The van der Waals surface area contributed by atoms with Crippen molar-refractivity contribution in [2.45, 2.75) is 20.8 Å². The molecule has 20 heavy (non-hydrogen) atoms. The number of pyridine rings is 1. The zero-order valence-electron chi connectivity index (χ0n) is 11.7. The molecule has 0 amide bonds. The Balaban J connectivity index is 2.13. The van der Waals surface area contributed by atoms with Gasteiger partial charge in [-0.15, -0.1) is 0 Å². The summed E-state index contributed by atoms with van der Waals surface area (Å²) < 4.78 is 5.45. The van der Waals surface area contributed by atoms with Gasteiger partial charge >= 0.3 is 0 Å². The van der Waals surface area contributed by atoms with E-state index in [1.807, 2.05) is 32.9 Å². The van der Waals surface area contributed by atoms with E-state index < -0.39 is 0 Å². The van der Waals surface area contributed by atoms with Crippen molar-refractivity contribution < 1.29 is 9.53 Å². The topological polar surface area (TPSA) is 39.2 Å². The first-order valence-electron chi connectivity index (χ1n) is 6.32. The molecule has 1 aromatic carbocycles. The molecule has 1 heterocycles. The maximum atomic E-state index is 12.3. The summed E-state index contributed by atoms with van der Waals surface area (Å²) in [6.07, 6.45) is 3.05. The first-order valence-corrected chi connectivity index (χ1v) is 6.69. The van der Waals surface area contributed by atoms with Crippen molar-refractivity contribution in [3.63, 3.8) is 0 Å². The van der Waals surface area contributed by atoms with E-state index in [-0.39, 0.29) is 12.4 Å². The minimum absolute atomic E-state index is 0.0211. The van der Waals surface area contributed by atoms with Crippen molar-refractivity contribution in [2.75, 3.05) is 6.61 Å². The number of hydrogen-bond donors (Lipinski definition) is 0. The fourth-order valence-corrected chi connectivity index (χ4v) is 2.48. The van der Waals surface area contributed by atoms with Gasteiger partial charge in [0.2, 0.25) is 5.78 Å². The summed E-state index contributed by atoms with van der Waals surface area (Å²) in [5, 5.41) is 0.484. The molecule has 1 aromatic heterocycles. The van der Waals surface area contributed by atoms with Crippen LogP contribution < -0.4 is 4.74 Å². The number of nitrogens with zero attached hydrogens (tertiary/aromatic N) is 1. The minimum atomic E-state index is -0.0417. The van der Waals surface area contributed by atoms with E-state index in [9.17, 15) is 4.79 Å². The van der Waals surface area contributed by atoms with Gasteiger partial charge in [0.05, 0.1) is 11.2 Å². The van der Waals surface area contributed by atoms with E-state index in [1.54, 1.807) is 6.07 Å². The second kappa shape index (κ2) is 6.06. The highest BCUT2D eigenvalue weighted by atomic mass is 35.5. The Morgan fingerprint density at radius 1 is 1.15 bits per heavy atom. The third-order valence-electron chi connectivity index (χ3n) is 3.01. The van der Waals surface area contributed by atoms with E-state index in [4.69, 9.17) is 16.3 Å². The second-order valence-corrected chi connectivity index (χ2v) is 5.26. The van der Waals surface area contributed by atoms with Gasteiger partial charge in [-0.2, -0.15) is 0 Å². The molecule has 0 radical (unpaired) electrons. The summed E-state index contributed by atoms with van der Waals surface area (Å²) in [4.78, 5) is 16.2. The summed E-state index contributed by atoms with van der Waals surface area (Å²) >= 11 is 5.82. The predicted octanol–water partition coefficient (Wildman–Crippen LogP) is 3.92. The summed E-state index contributed by atoms with van der Waals surface area (Å²) in [6.45, 7) is 5.87. The van der Waals surface area contributed by atoms with Crippen LogP contribution in [0, 0.1) is 20.8 Å². The van der Waals surface area contributed by atoms with Crippen LogP contribution in [0.3, 0.4) is 0 Å². The van der Waals surface area contributed by atoms with Crippen molar-refractivity contribution in [3.8, 4) is 5.75 Å². The van der Waals surface area contributed by atoms with E-state index in [2.05, 4.69) is 4.98 Å². The van der Waals surface area contributed by atoms with Gasteiger partial charge in [0.15, 0.2) is 6.61 Å². The number of aromatic nitrogens is 1. The first-order chi connectivity index (χ1) is 9.47. The quantitative estimate of drug-likeness (QED) is 0.801. The van der Waals surface area contributed by atoms with Crippen molar-refractivity contribution >= 4 is 17.4 Å². The van der Waals surface area contributed by atoms with Crippen LogP contribution in [-0.2, 0) is 0 Å². The van der Waals surface area contributed by atoms with Crippen LogP contribution in [0.2, 0.25) is 5.02 Å². The Morgan fingerprint density at radius 3 is 2.40 bits per heavy atom. The van der Waals surface area contributed by atoms with Gasteiger partial charge in [-0.3, -0.25) is 9.78 Å². The van der Waals surface area contributed by atoms with Crippen LogP contribution >= 0.6 is 11.6 Å². The number of hydrogen-bond acceptors (Lipinski definition) is 3. The molecule has 4 heteroatoms. The van der Waals surface area contributed by atoms with E-state index in [0.29, 0.717) is 10.8 Å². The monoisotopic (exact) mass is 289 g/mol. The molecule has 2 rings (SSSR count). The highest BCUT2D eigenvalue weighted by Crippen LogP contribution is 2.19. The predicted molar refractivity (Wildman–Crippen MR) is 79.7 cm³/mol. The average molecular weight is 290 g/mol. The number of ether oxygens (including phenoxy) is 1. The van der Waals surface area contributed by atoms with Gasteiger partial charge in [-0.25, -0.2) is 0 Å².